The van der Waals surface area contributed by atoms with Gasteiger partial charge in [-0.3, -0.25) is 0 Å². The van der Waals surface area contributed by atoms with E-state index in [1.165, 1.54) is 70.8 Å². The molecule has 0 unspecified atom stereocenters. The van der Waals surface area contributed by atoms with Gasteiger partial charge in [0.05, 0.1) is 33.1 Å². The van der Waals surface area contributed by atoms with Gasteiger partial charge in [-0.1, -0.05) is 109 Å². The molecular formula is C44H26N2O. The van der Waals surface area contributed by atoms with Crippen LogP contribution in [-0.2, 0) is 0 Å². The van der Waals surface area contributed by atoms with Crippen LogP contribution >= 0.6 is 0 Å². The van der Waals surface area contributed by atoms with Crippen LogP contribution in [0, 0.1) is 0 Å². The van der Waals surface area contributed by atoms with Crippen LogP contribution in [0.25, 0.3) is 98.5 Å². The number of hydrogen-bond donors (Lipinski definition) is 0. The van der Waals surface area contributed by atoms with Gasteiger partial charge in [0.15, 0.2) is 0 Å². The first kappa shape index (κ1) is 24.9. The molecule has 3 aromatic heterocycles. The number of fused-ring (bicyclic) bond motifs is 14. The van der Waals surface area contributed by atoms with Gasteiger partial charge in [0, 0.05) is 38.0 Å². The van der Waals surface area contributed by atoms with Crippen LogP contribution in [0.1, 0.15) is 0 Å². The number of furan rings is 1. The molecule has 0 spiro atoms. The molecule has 0 aliphatic rings. The van der Waals surface area contributed by atoms with Crippen molar-refractivity contribution in [3.63, 3.8) is 0 Å². The number of aromatic nitrogens is 2. The Bertz CT molecular complexity index is 3070. The Morgan fingerprint density at radius 3 is 1.89 bits per heavy atom. The van der Waals surface area contributed by atoms with Crippen molar-refractivity contribution in [1.82, 2.24) is 9.13 Å². The van der Waals surface area contributed by atoms with Crippen molar-refractivity contribution in [2.75, 3.05) is 0 Å². The Hall–Kier alpha value is -6.32. The summed E-state index contributed by atoms with van der Waals surface area (Å²) in [5, 5.41) is 12.2. The average molecular weight is 599 g/mol. The van der Waals surface area contributed by atoms with Crippen molar-refractivity contribution < 1.29 is 4.42 Å². The topological polar surface area (TPSA) is 23.0 Å². The minimum atomic E-state index is 0.896. The van der Waals surface area contributed by atoms with Crippen LogP contribution in [-0.4, -0.2) is 9.13 Å². The lowest BCUT2D eigenvalue weighted by atomic mass is 10.00. The molecule has 3 heteroatoms. The standard InChI is InChI=1S/C44H26N2O/c1-2-13-28(14-3-1)45-36-20-10-8-18-32(36)33-22-24-37-41(43(33)45)35-23-25-40-42(34-19-9-11-21-39(34)47-40)44(35)46(37)38-26-27-12-4-5-15-29(27)30-16-6-7-17-31(30)38/h1-26H. The maximum Gasteiger partial charge on any atom is 0.137 e. The number of nitrogens with zero attached hydrogens (tertiary/aromatic N) is 2. The zero-order valence-electron chi connectivity index (χ0n) is 25.3. The summed E-state index contributed by atoms with van der Waals surface area (Å²) >= 11 is 0. The molecule has 8 aromatic carbocycles. The van der Waals surface area contributed by atoms with E-state index in [9.17, 15) is 0 Å². The molecule has 0 aliphatic heterocycles. The summed E-state index contributed by atoms with van der Waals surface area (Å²) in [5.41, 5.74) is 8.87. The lowest BCUT2D eigenvalue weighted by molar-refractivity contribution is 0.669. The van der Waals surface area contributed by atoms with Gasteiger partial charge in [0.1, 0.15) is 11.2 Å². The SMILES string of the molecule is c1ccc(-n2c3ccccc3c3ccc4c(c5ccc6oc7ccccc7c6c5n4-c4cc5ccccc5c5ccccc45)c32)cc1. The van der Waals surface area contributed by atoms with Crippen LogP contribution in [0.3, 0.4) is 0 Å². The van der Waals surface area contributed by atoms with Gasteiger partial charge in [0.25, 0.3) is 0 Å². The number of rotatable bonds is 2. The monoisotopic (exact) mass is 598 g/mol. The lowest BCUT2D eigenvalue weighted by Crippen LogP contribution is -1.97. The van der Waals surface area contributed by atoms with E-state index < -0.39 is 0 Å². The Labute approximate surface area is 269 Å². The average Bonchev–Trinajstić information content (AvgIpc) is 3.79. The maximum absolute atomic E-state index is 6.52. The summed E-state index contributed by atoms with van der Waals surface area (Å²) < 4.78 is 11.5. The highest BCUT2D eigenvalue weighted by atomic mass is 16.3. The Morgan fingerprint density at radius 2 is 1.02 bits per heavy atom. The first-order chi connectivity index (χ1) is 23.3. The Kier molecular flexibility index (Phi) is 4.84. The molecule has 3 heterocycles. The minimum absolute atomic E-state index is 0.896. The van der Waals surface area contributed by atoms with Gasteiger partial charge >= 0.3 is 0 Å². The molecule has 0 radical (unpaired) electrons. The largest absolute Gasteiger partial charge is 0.456 e. The van der Waals surface area contributed by atoms with Crippen molar-refractivity contribution >= 4 is 87.1 Å². The van der Waals surface area contributed by atoms with E-state index in [-0.39, 0.29) is 0 Å². The van der Waals surface area contributed by atoms with E-state index in [1.54, 1.807) is 0 Å². The van der Waals surface area contributed by atoms with Crippen LogP contribution in [0.2, 0.25) is 0 Å². The molecule has 11 aromatic rings. The second kappa shape index (κ2) is 9.12. The maximum atomic E-state index is 6.52. The van der Waals surface area contributed by atoms with Crippen LogP contribution in [0.15, 0.2) is 162 Å². The zero-order chi connectivity index (χ0) is 30.6. The van der Waals surface area contributed by atoms with Gasteiger partial charge in [0.2, 0.25) is 0 Å². The van der Waals surface area contributed by atoms with Gasteiger partial charge in [-0.05, 0) is 64.7 Å². The van der Waals surface area contributed by atoms with Crippen LogP contribution < -0.4 is 0 Å². The molecule has 47 heavy (non-hydrogen) atoms. The Morgan fingerprint density at radius 1 is 0.362 bits per heavy atom. The number of hydrogen-bond acceptors (Lipinski definition) is 1. The highest BCUT2D eigenvalue weighted by Crippen LogP contribution is 2.46. The molecule has 0 atom stereocenters. The third-order valence-electron chi connectivity index (χ3n) is 10.1. The van der Waals surface area contributed by atoms with Gasteiger partial charge in [-0.2, -0.15) is 0 Å². The third-order valence-corrected chi connectivity index (χ3v) is 10.1. The first-order valence-electron chi connectivity index (χ1n) is 16.1. The molecule has 0 N–H and O–H groups in total. The van der Waals surface area contributed by atoms with Gasteiger partial charge in [-0.25, -0.2) is 0 Å². The lowest BCUT2D eigenvalue weighted by Gasteiger charge is -2.15. The zero-order valence-corrected chi connectivity index (χ0v) is 25.3. The van der Waals surface area contributed by atoms with E-state index in [4.69, 9.17) is 4.42 Å². The number of para-hydroxylation sites is 3. The summed E-state index contributed by atoms with van der Waals surface area (Å²) in [5.74, 6) is 0. The molecule has 0 amide bonds. The predicted molar refractivity (Wildman–Crippen MR) is 197 cm³/mol. The molecule has 0 saturated carbocycles. The molecule has 218 valence electrons. The van der Waals surface area contributed by atoms with Crippen LogP contribution in [0.5, 0.6) is 0 Å². The molecule has 0 saturated heterocycles. The second-order valence-corrected chi connectivity index (χ2v) is 12.5. The smallest absolute Gasteiger partial charge is 0.137 e. The fraction of sp³-hybridized carbons (Fsp3) is 0. The fourth-order valence-electron chi connectivity index (χ4n) is 8.17. The van der Waals surface area contributed by atoms with E-state index in [0.29, 0.717) is 0 Å². The summed E-state index contributed by atoms with van der Waals surface area (Å²) in [6.45, 7) is 0. The Balaban J connectivity index is 1.45. The minimum Gasteiger partial charge on any atom is -0.456 e. The molecule has 3 nitrogen and oxygen atoms in total. The van der Waals surface area contributed by atoms with E-state index >= 15 is 0 Å². The summed E-state index contributed by atoms with van der Waals surface area (Å²) in [7, 11) is 0. The second-order valence-electron chi connectivity index (χ2n) is 12.5. The summed E-state index contributed by atoms with van der Waals surface area (Å²) in [6, 6.07) is 57.0. The first-order valence-corrected chi connectivity index (χ1v) is 16.1. The van der Waals surface area contributed by atoms with Crippen LogP contribution in [0.4, 0.5) is 0 Å². The molecule has 0 aliphatic carbocycles. The van der Waals surface area contributed by atoms with E-state index in [1.807, 2.05) is 0 Å². The third kappa shape index (κ3) is 3.25. The van der Waals surface area contributed by atoms with Crippen molar-refractivity contribution in [3.8, 4) is 11.4 Å². The van der Waals surface area contributed by atoms with Crippen molar-refractivity contribution in [1.29, 1.82) is 0 Å². The molecular weight excluding hydrogens is 572 g/mol. The van der Waals surface area contributed by atoms with Gasteiger partial charge < -0.3 is 13.6 Å². The van der Waals surface area contributed by atoms with Crippen molar-refractivity contribution in [3.05, 3.63) is 158 Å². The molecule has 0 bridgehead atoms. The van der Waals surface area contributed by atoms with Gasteiger partial charge in [-0.15, -0.1) is 0 Å². The number of benzene rings is 8. The quantitative estimate of drug-likeness (QED) is 0.182. The summed E-state index contributed by atoms with van der Waals surface area (Å²) in [4.78, 5) is 0. The fourth-order valence-corrected chi connectivity index (χ4v) is 8.17. The normalized spacial score (nSPS) is 12.3. The molecule has 0 fully saturated rings. The predicted octanol–water partition coefficient (Wildman–Crippen LogP) is 12.1. The summed E-state index contributed by atoms with van der Waals surface area (Å²) in [6.07, 6.45) is 0. The highest BCUT2D eigenvalue weighted by Gasteiger charge is 2.24. The van der Waals surface area contributed by atoms with E-state index in [0.717, 1.165) is 27.6 Å². The van der Waals surface area contributed by atoms with Crippen molar-refractivity contribution in [2.45, 2.75) is 0 Å². The molecule has 11 rings (SSSR count). The van der Waals surface area contributed by atoms with Crippen molar-refractivity contribution in [2.24, 2.45) is 0 Å². The van der Waals surface area contributed by atoms with E-state index in [2.05, 4.69) is 167 Å². The highest BCUT2D eigenvalue weighted by molar-refractivity contribution is 6.31.